The number of likely N-dealkylation sites (N-methyl/N-ethyl adjacent to an activating group) is 1. The summed E-state index contributed by atoms with van der Waals surface area (Å²) in [7, 11) is 5.71. The monoisotopic (exact) mass is 278 g/mol. The summed E-state index contributed by atoms with van der Waals surface area (Å²) in [6.45, 7) is 5.43. The third kappa shape index (κ3) is 5.72. The quantitative estimate of drug-likeness (QED) is 0.648. The van der Waals surface area contributed by atoms with Gasteiger partial charge in [-0.15, -0.1) is 0 Å². The SMILES string of the molecule is CCCN(CCN(C)C)CC(=O)c1cccc(OC)c1. The zero-order valence-electron chi connectivity index (χ0n) is 13.1. The summed E-state index contributed by atoms with van der Waals surface area (Å²) < 4.78 is 5.16. The van der Waals surface area contributed by atoms with Gasteiger partial charge in [0.05, 0.1) is 13.7 Å². The minimum Gasteiger partial charge on any atom is -0.497 e. The van der Waals surface area contributed by atoms with Crippen molar-refractivity contribution in [2.45, 2.75) is 13.3 Å². The van der Waals surface area contributed by atoms with Crippen molar-refractivity contribution in [1.29, 1.82) is 0 Å². The first-order chi connectivity index (χ1) is 9.56. The standard InChI is InChI=1S/C16H26N2O2/c1-5-9-18(11-10-17(2)3)13-16(19)14-7-6-8-15(12-14)20-4/h6-8,12H,5,9-11,13H2,1-4H3. The Morgan fingerprint density at radius 3 is 2.55 bits per heavy atom. The largest absolute Gasteiger partial charge is 0.497 e. The van der Waals surface area contributed by atoms with E-state index in [9.17, 15) is 4.79 Å². The van der Waals surface area contributed by atoms with Gasteiger partial charge in [0.15, 0.2) is 5.78 Å². The number of carbonyl (C=O) groups is 1. The highest BCUT2D eigenvalue weighted by molar-refractivity contribution is 5.97. The molecule has 0 unspecified atom stereocenters. The summed E-state index contributed by atoms with van der Waals surface area (Å²) in [6.07, 6.45) is 1.05. The minimum atomic E-state index is 0.149. The molecule has 20 heavy (non-hydrogen) atoms. The molecular weight excluding hydrogens is 252 g/mol. The van der Waals surface area contributed by atoms with E-state index in [1.165, 1.54) is 0 Å². The highest BCUT2D eigenvalue weighted by Crippen LogP contribution is 2.13. The zero-order valence-corrected chi connectivity index (χ0v) is 13.1. The van der Waals surface area contributed by atoms with E-state index < -0.39 is 0 Å². The first-order valence-corrected chi connectivity index (χ1v) is 7.11. The molecule has 0 N–H and O–H groups in total. The number of Topliss-reactive ketones (excluding diaryl/α,β-unsaturated/α-hetero) is 1. The Kier molecular flexibility index (Phi) is 7.26. The molecule has 1 aromatic carbocycles. The molecule has 0 saturated heterocycles. The number of benzene rings is 1. The van der Waals surface area contributed by atoms with Crippen LogP contribution in [0, 0.1) is 0 Å². The molecule has 0 fully saturated rings. The molecule has 0 saturated carbocycles. The van der Waals surface area contributed by atoms with E-state index in [-0.39, 0.29) is 5.78 Å². The summed E-state index contributed by atoms with van der Waals surface area (Å²) in [5.74, 6) is 0.877. The molecule has 1 rings (SSSR count). The van der Waals surface area contributed by atoms with Gasteiger partial charge in [0.1, 0.15) is 5.75 Å². The summed E-state index contributed by atoms with van der Waals surface area (Å²) in [4.78, 5) is 16.7. The average Bonchev–Trinajstić information content (AvgIpc) is 2.45. The van der Waals surface area contributed by atoms with Crippen LogP contribution in [0.25, 0.3) is 0 Å². The van der Waals surface area contributed by atoms with Gasteiger partial charge in [-0.25, -0.2) is 0 Å². The molecule has 0 aliphatic carbocycles. The smallest absolute Gasteiger partial charge is 0.176 e. The highest BCUT2D eigenvalue weighted by Gasteiger charge is 2.12. The lowest BCUT2D eigenvalue weighted by Gasteiger charge is -2.22. The Morgan fingerprint density at radius 1 is 1.20 bits per heavy atom. The van der Waals surface area contributed by atoms with E-state index in [1.54, 1.807) is 13.2 Å². The van der Waals surface area contributed by atoms with Crippen molar-refractivity contribution in [3.63, 3.8) is 0 Å². The molecule has 4 nitrogen and oxygen atoms in total. The number of hydrogen-bond donors (Lipinski definition) is 0. The summed E-state index contributed by atoms with van der Waals surface area (Å²) in [6, 6.07) is 7.36. The zero-order chi connectivity index (χ0) is 15.0. The van der Waals surface area contributed by atoms with Gasteiger partial charge in [0.25, 0.3) is 0 Å². The fourth-order valence-electron chi connectivity index (χ4n) is 2.02. The molecule has 0 aliphatic heterocycles. The number of hydrogen-bond acceptors (Lipinski definition) is 4. The first kappa shape index (κ1) is 16.7. The molecule has 0 bridgehead atoms. The van der Waals surface area contributed by atoms with Gasteiger partial charge in [-0.1, -0.05) is 19.1 Å². The van der Waals surface area contributed by atoms with Gasteiger partial charge >= 0.3 is 0 Å². The van der Waals surface area contributed by atoms with E-state index in [0.717, 1.165) is 37.4 Å². The Morgan fingerprint density at radius 2 is 1.95 bits per heavy atom. The van der Waals surface area contributed by atoms with Crippen molar-refractivity contribution in [1.82, 2.24) is 9.80 Å². The van der Waals surface area contributed by atoms with Crippen molar-refractivity contribution in [3.05, 3.63) is 29.8 Å². The van der Waals surface area contributed by atoms with Gasteiger partial charge in [0.2, 0.25) is 0 Å². The maximum absolute atomic E-state index is 12.3. The Bertz CT molecular complexity index is 419. The Hall–Kier alpha value is -1.39. The predicted molar refractivity (Wildman–Crippen MR) is 82.6 cm³/mol. The van der Waals surface area contributed by atoms with Crippen LogP contribution in [-0.2, 0) is 0 Å². The fourth-order valence-corrected chi connectivity index (χ4v) is 2.02. The normalized spacial score (nSPS) is 11.1. The van der Waals surface area contributed by atoms with Crippen LogP contribution in [0.2, 0.25) is 0 Å². The number of rotatable bonds is 9. The highest BCUT2D eigenvalue weighted by atomic mass is 16.5. The van der Waals surface area contributed by atoms with Crippen molar-refractivity contribution < 1.29 is 9.53 Å². The predicted octanol–water partition coefficient (Wildman–Crippen LogP) is 2.15. The second kappa shape index (κ2) is 8.72. The van der Waals surface area contributed by atoms with Crippen LogP contribution in [0.4, 0.5) is 0 Å². The number of carbonyl (C=O) groups excluding carboxylic acids is 1. The lowest BCUT2D eigenvalue weighted by atomic mass is 10.1. The van der Waals surface area contributed by atoms with Gasteiger partial charge in [-0.05, 0) is 39.2 Å². The second-order valence-electron chi connectivity index (χ2n) is 5.23. The molecule has 0 aromatic heterocycles. The van der Waals surface area contributed by atoms with Gasteiger partial charge < -0.3 is 9.64 Å². The van der Waals surface area contributed by atoms with Crippen molar-refractivity contribution in [3.8, 4) is 5.75 Å². The fraction of sp³-hybridized carbons (Fsp3) is 0.562. The average molecular weight is 278 g/mol. The lowest BCUT2D eigenvalue weighted by Crippen LogP contribution is -2.36. The molecular formula is C16H26N2O2. The molecule has 112 valence electrons. The van der Waals surface area contributed by atoms with E-state index in [0.29, 0.717) is 6.54 Å². The molecule has 0 heterocycles. The third-order valence-electron chi connectivity index (χ3n) is 3.16. The molecule has 0 amide bonds. The minimum absolute atomic E-state index is 0.149. The number of ketones is 1. The van der Waals surface area contributed by atoms with Crippen molar-refractivity contribution in [2.75, 3.05) is 47.4 Å². The topological polar surface area (TPSA) is 32.8 Å². The van der Waals surface area contributed by atoms with E-state index >= 15 is 0 Å². The van der Waals surface area contributed by atoms with Gasteiger partial charge in [0, 0.05) is 18.7 Å². The van der Waals surface area contributed by atoms with E-state index in [4.69, 9.17) is 4.74 Å². The maximum atomic E-state index is 12.3. The van der Waals surface area contributed by atoms with Gasteiger partial charge in [-0.3, -0.25) is 9.69 Å². The Labute approximate surface area is 122 Å². The van der Waals surface area contributed by atoms with Gasteiger partial charge in [-0.2, -0.15) is 0 Å². The molecule has 0 atom stereocenters. The second-order valence-corrected chi connectivity index (χ2v) is 5.23. The van der Waals surface area contributed by atoms with Crippen molar-refractivity contribution in [2.24, 2.45) is 0 Å². The van der Waals surface area contributed by atoms with Crippen molar-refractivity contribution >= 4 is 5.78 Å². The number of methoxy groups -OCH3 is 1. The summed E-state index contributed by atoms with van der Waals surface area (Å²) >= 11 is 0. The van der Waals surface area contributed by atoms with E-state index in [1.807, 2.05) is 32.3 Å². The number of nitrogens with zero attached hydrogens (tertiary/aromatic N) is 2. The maximum Gasteiger partial charge on any atom is 0.176 e. The first-order valence-electron chi connectivity index (χ1n) is 7.11. The Balaban J connectivity index is 2.64. The number of ether oxygens (including phenoxy) is 1. The lowest BCUT2D eigenvalue weighted by molar-refractivity contribution is 0.0925. The molecule has 0 spiro atoms. The molecule has 0 radical (unpaired) electrons. The van der Waals surface area contributed by atoms with Crippen LogP contribution in [-0.4, -0.2) is 63.0 Å². The summed E-state index contributed by atoms with van der Waals surface area (Å²) in [5.41, 5.74) is 0.718. The van der Waals surface area contributed by atoms with Crippen LogP contribution in [0.5, 0.6) is 5.75 Å². The summed E-state index contributed by atoms with van der Waals surface area (Å²) in [5, 5.41) is 0. The van der Waals surface area contributed by atoms with Crippen LogP contribution >= 0.6 is 0 Å². The third-order valence-corrected chi connectivity index (χ3v) is 3.16. The van der Waals surface area contributed by atoms with Crippen LogP contribution in [0.15, 0.2) is 24.3 Å². The van der Waals surface area contributed by atoms with Crippen LogP contribution in [0.3, 0.4) is 0 Å². The molecule has 4 heteroatoms. The van der Waals surface area contributed by atoms with Crippen LogP contribution in [0.1, 0.15) is 23.7 Å². The molecule has 1 aromatic rings. The van der Waals surface area contributed by atoms with Crippen LogP contribution < -0.4 is 4.74 Å². The van der Waals surface area contributed by atoms with E-state index in [2.05, 4.69) is 16.7 Å². The molecule has 0 aliphatic rings.